The first-order valence-electron chi connectivity index (χ1n) is 6.45. The molecule has 1 aromatic rings. The normalized spacial score (nSPS) is 19.9. The monoisotopic (exact) mass is 404 g/mol. The quantitative estimate of drug-likeness (QED) is 0.827. The lowest BCUT2D eigenvalue weighted by Gasteiger charge is -2.36. The van der Waals surface area contributed by atoms with Crippen LogP contribution in [0, 0.1) is 0 Å². The van der Waals surface area contributed by atoms with Gasteiger partial charge in [-0.15, -0.1) is 0 Å². The lowest BCUT2D eigenvalue weighted by molar-refractivity contribution is -0.135. The van der Waals surface area contributed by atoms with E-state index in [2.05, 4.69) is 47.1 Å². The fraction of sp³-hybridized carbons (Fsp3) is 0.538. The lowest BCUT2D eigenvalue weighted by Crippen LogP contribution is -2.57. The van der Waals surface area contributed by atoms with Crippen molar-refractivity contribution in [3.05, 3.63) is 26.9 Å². The van der Waals surface area contributed by atoms with E-state index >= 15 is 0 Å². The predicted molar refractivity (Wildman–Crippen MR) is 85.4 cm³/mol. The van der Waals surface area contributed by atoms with E-state index in [4.69, 9.17) is 0 Å². The van der Waals surface area contributed by atoms with Crippen molar-refractivity contribution in [1.82, 2.24) is 20.1 Å². The molecule has 2 heterocycles. The Morgan fingerprint density at radius 2 is 2.30 bits per heavy atom. The zero-order valence-electron chi connectivity index (χ0n) is 11.6. The largest absolute Gasteiger partial charge is 0.347 e. The smallest absolute Gasteiger partial charge is 0.240 e. The summed E-state index contributed by atoms with van der Waals surface area (Å²) in [5.41, 5.74) is 0.951. The minimum Gasteiger partial charge on any atom is -0.347 e. The molecule has 110 valence electrons. The van der Waals surface area contributed by atoms with Gasteiger partial charge < -0.3 is 10.2 Å². The van der Waals surface area contributed by atoms with E-state index in [1.54, 1.807) is 25.2 Å². The summed E-state index contributed by atoms with van der Waals surface area (Å²) in [5.74, 6) is 0.130. The summed E-state index contributed by atoms with van der Waals surface area (Å²) in [5, 5.41) is 3.28. The summed E-state index contributed by atoms with van der Waals surface area (Å²) in [6, 6.07) is 1.85. The van der Waals surface area contributed by atoms with E-state index in [1.165, 1.54) is 0 Å². The summed E-state index contributed by atoms with van der Waals surface area (Å²) < 4.78 is 1.90. The van der Waals surface area contributed by atoms with Crippen LogP contribution in [0.25, 0.3) is 0 Å². The number of likely N-dealkylation sites (N-methyl/N-ethyl adjacent to an activating group) is 1. The summed E-state index contributed by atoms with van der Waals surface area (Å²) >= 11 is 6.93. The molecule has 1 N–H and O–H groups in total. The van der Waals surface area contributed by atoms with Gasteiger partial charge in [0.1, 0.15) is 6.04 Å². The molecular weight excluding hydrogens is 388 g/mol. The molecule has 0 aromatic carbocycles. The molecule has 0 bridgehead atoms. The van der Waals surface area contributed by atoms with E-state index in [0.29, 0.717) is 13.1 Å². The fourth-order valence-corrected chi connectivity index (χ4v) is 3.34. The average Bonchev–Trinajstić information content (AvgIpc) is 2.41. The molecular formula is C13H18Br2N4O. The van der Waals surface area contributed by atoms with Crippen LogP contribution in [0.15, 0.2) is 21.2 Å². The van der Waals surface area contributed by atoms with Crippen molar-refractivity contribution in [1.29, 1.82) is 0 Å². The van der Waals surface area contributed by atoms with Crippen molar-refractivity contribution < 1.29 is 4.79 Å². The molecule has 1 atom stereocenters. The number of rotatable bonds is 3. The number of hydrogen-bond acceptors (Lipinski definition) is 4. The molecule has 0 spiro atoms. The number of aromatic nitrogens is 1. The number of pyridine rings is 1. The Labute approximate surface area is 136 Å². The predicted octanol–water partition coefficient (Wildman–Crippen LogP) is 1.47. The highest BCUT2D eigenvalue weighted by Gasteiger charge is 2.30. The van der Waals surface area contributed by atoms with Crippen LogP contribution in [0.3, 0.4) is 0 Å². The molecule has 1 aromatic heterocycles. The van der Waals surface area contributed by atoms with Crippen LogP contribution in [-0.4, -0.2) is 60.5 Å². The van der Waals surface area contributed by atoms with E-state index in [0.717, 1.165) is 27.7 Å². The van der Waals surface area contributed by atoms with Crippen LogP contribution >= 0.6 is 31.9 Å². The number of hydrogen-bond donors (Lipinski definition) is 1. The zero-order chi connectivity index (χ0) is 14.7. The van der Waals surface area contributed by atoms with Crippen molar-refractivity contribution in [2.45, 2.75) is 12.6 Å². The average molecular weight is 406 g/mol. The van der Waals surface area contributed by atoms with Crippen LogP contribution in [0.4, 0.5) is 0 Å². The maximum atomic E-state index is 12.2. The number of carbonyl (C=O) groups excluding carboxylic acids is 1. The number of halogens is 2. The summed E-state index contributed by atoms with van der Waals surface area (Å²) in [6.45, 7) is 3.09. The number of carbonyl (C=O) groups is 1. The molecule has 1 unspecified atom stereocenters. The first-order valence-corrected chi connectivity index (χ1v) is 8.03. The molecule has 1 aliphatic rings. The van der Waals surface area contributed by atoms with Crippen molar-refractivity contribution in [3.8, 4) is 0 Å². The van der Waals surface area contributed by atoms with Gasteiger partial charge in [0.2, 0.25) is 5.91 Å². The van der Waals surface area contributed by atoms with E-state index in [1.807, 2.05) is 6.07 Å². The first-order chi connectivity index (χ1) is 9.49. The second kappa shape index (κ2) is 6.98. The van der Waals surface area contributed by atoms with Gasteiger partial charge in [-0.1, -0.05) is 0 Å². The first kappa shape index (κ1) is 15.9. The van der Waals surface area contributed by atoms with Gasteiger partial charge in [-0.3, -0.25) is 14.7 Å². The highest BCUT2D eigenvalue weighted by atomic mass is 79.9. The van der Waals surface area contributed by atoms with Crippen molar-refractivity contribution in [2.75, 3.05) is 33.7 Å². The molecule has 7 heteroatoms. The highest BCUT2D eigenvalue weighted by Crippen LogP contribution is 2.22. The molecule has 1 saturated heterocycles. The Hall–Kier alpha value is -0.500. The minimum atomic E-state index is -0.129. The van der Waals surface area contributed by atoms with Crippen LogP contribution in [0.1, 0.15) is 5.69 Å². The van der Waals surface area contributed by atoms with Crippen molar-refractivity contribution in [3.63, 3.8) is 0 Å². The lowest BCUT2D eigenvalue weighted by atomic mass is 10.1. The number of nitrogens with zero attached hydrogens (tertiary/aromatic N) is 3. The third kappa shape index (κ3) is 3.78. The van der Waals surface area contributed by atoms with E-state index < -0.39 is 0 Å². The van der Waals surface area contributed by atoms with E-state index in [9.17, 15) is 4.79 Å². The minimum absolute atomic E-state index is 0.129. The second-order valence-electron chi connectivity index (χ2n) is 5.01. The highest BCUT2D eigenvalue weighted by molar-refractivity contribution is 9.11. The molecule has 2 rings (SSSR count). The Kier molecular flexibility index (Phi) is 5.54. The van der Waals surface area contributed by atoms with Crippen LogP contribution in [0.2, 0.25) is 0 Å². The second-order valence-corrected chi connectivity index (χ2v) is 6.78. The van der Waals surface area contributed by atoms with Crippen LogP contribution < -0.4 is 5.32 Å². The van der Waals surface area contributed by atoms with Gasteiger partial charge in [0.25, 0.3) is 0 Å². The Morgan fingerprint density at radius 3 is 2.95 bits per heavy atom. The maximum absolute atomic E-state index is 12.2. The molecule has 0 radical (unpaired) electrons. The molecule has 0 aliphatic carbocycles. The van der Waals surface area contributed by atoms with E-state index in [-0.39, 0.29) is 11.9 Å². The summed E-state index contributed by atoms with van der Waals surface area (Å²) in [4.78, 5) is 20.5. The van der Waals surface area contributed by atoms with Gasteiger partial charge in [-0.05, 0) is 37.9 Å². The van der Waals surface area contributed by atoms with Crippen molar-refractivity contribution >= 4 is 37.8 Å². The fourth-order valence-electron chi connectivity index (χ4n) is 2.23. The van der Waals surface area contributed by atoms with Gasteiger partial charge in [-0.25, -0.2) is 0 Å². The topological polar surface area (TPSA) is 48.5 Å². The van der Waals surface area contributed by atoms with Gasteiger partial charge >= 0.3 is 0 Å². The third-order valence-corrected chi connectivity index (χ3v) is 4.44. The SMILES string of the molecule is CN(C)C(=O)C1CNCCN1Cc1ncc(Br)cc1Br. The third-order valence-electron chi connectivity index (χ3n) is 3.32. The van der Waals surface area contributed by atoms with Crippen LogP contribution in [-0.2, 0) is 11.3 Å². The summed E-state index contributed by atoms with van der Waals surface area (Å²) in [7, 11) is 3.59. The standard InChI is InChI=1S/C13H18Br2N4O/c1-18(2)13(20)12-7-16-3-4-19(12)8-11-10(15)5-9(14)6-17-11/h5-6,12,16H,3-4,7-8H2,1-2H3. The Morgan fingerprint density at radius 1 is 1.55 bits per heavy atom. The summed E-state index contributed by atoms with van der Waals surface area (Å²) in [6.07, 6.45) is 1.78. The van der Waals surface area contributed by atoms with Gasteiger partial charge in [-0.2, -0.15) is 0 Å². The number of amides is 1. The van der Waals surface area contributed by atoms with Gasteiger partial charge in [0.05, 0.1) is 5.69 Å². The van der Waals surface area contributed by atoms with Gasteiger partial charge in [0.15, 0.2) is 0 Å². The van der Waals surface area contributed by atoms with Gasteiger partial charge in [0, 0.05) is 55.4 Å². The number of nitrogens with one attached hydrogen (secondary N) is 1. The molecule has 1 amide bonds. The molecule has 20 heavy (non-hydrogen) atoms. The molecule has 1 fully saturated rings. The Balaban J connectivity index is 2.14. The molecule has 5 nitrogen and oxygen atoms in total. The number of piperazine rings is 1. The van der Waals surface area contributed by atoms with Crippen molar-refractivity contribution in [2.24, 2.45) is 0 Å². The Bertz CT molecular complexity index is 495. The molecule has 1 aliphatic heterocycles. The zero-order valence-corrected chi connectivity index (χ0v) is 14.7. The maximum Gasteiger partial charge on any atom is 0.240 e. The van der Waals surface area contributed by atoms with Crippen LogP contribution in [0.5, 0.6) is 0 Å². The molecule has 0 saturated carbocycles.